The topological polar surface area (TPSA) is 52.6 Å². The average Bonchev–Trinajstić information content (AvgIpc) is 2.99. The molecule has 1 aromatic rings. The molecular formula is C16H24FN5. The number of guanidine groups is 1. The molecule has 0 amide bonds. The molecule has 1 saturated carbocycles. The van der Waals surface area contributed by atoms with Gasteiger partial charge in [0.15, 0.2) is 17.6 Å². The monoisotopic (exact) mass is 305 g/mol. The van der Waals surface area contributed by atoms with Crippen molar-refractivity contribution in [3.05, 3.63) is 24.1 Å². The molecule has 2 fully saturated rings. The van der Waals surface area contributed by atoms with Gasteiger partial charge in [-0.2, -0.15) is 0 Å². The van der Waals surface area contributed by atoms with Crippen LogP contribution in [0.25, 0.3) is 0 Å². The number of nitrogens with zero attached hydrogens (tertiary/aromatic N) is 3. The first-order valence-electron chi connectivity index (χ1n) is 8.10. The molecule has 1 saturated heterocycles. The molecule has 0 bridgehead atoms. The molecule has 6 heteroatoms. The van der Waals surface area contributed by atoms with Crippen LogP contribution in [0.2, 0.25) is 0 Å². The predicted molar refractivity (Wildman–Crippen MR) is 86.6 cm³/mol. The Kier molecular flexibility index (Phi) is 4.45. The molecule has 3 rings (SSSR count). The number of aliphatic imine (C=N–C) groups is 1. The Morgan fingerprint density at radius 3 is 3.00 bits per heavy atom. The summed E-state index contributed by atoms with van der Waals surface area (Å²) in [7, 11) is 0. The van der Waals surface area contributed by atoms with E-state index in [1.54, 1.807) is 12.3 Å². The second kappa shape index (κ2) is 6.50. The quantitative estimate of drug-likeness (QED) is 0.657. The van der Waals surface area contributed by atoms with Crippen LogP contribution in [0.1, 0.15) is 26.7 Å². The number of aromatic nitrogens is 1. The van der Waals surface area contributed by atoms with Crippen molar-refractivity contribution in [2.45, 2.75) is 38.8 Å². The van der Waals surface area contributed by atoms with Crippen LogP contribution in [0, 0.1) is 11.7 Å². The minimum Gasteiger partial charge on any atom is -0.353 e. The van der Waals surface area contributed by atoms with Crippen molar-refractivity contribution in [1.82, 2.24) is 15.6 Å². The molecule has 2 aliphatic rings. The number of hydrogen-bond acceptors (Lipinski definition) is 3. The molecular weight excluding hydrogens is 281 g/mol. The maximum absolute atomic E-state index is 13.8. The number of hydrogen-bond donors (Lipinski definition) is 2. The number of anilines is 1. The largest absolute Gasteiger partial charge is 0.353 e. The SMILES string of the molecule is CCN=C(NC1CCN(c2ncccc2F)C1)NC1CC1C. The highest BCUT2D eigenvalue weighted by atomic mass is 19.1. The van der Waals surface area contributed by atoms with Gasteiger partial charge in [0, 0.05) is 37.9 Å². The van der Waals surface area contributed by atoms with Crippen LogP contribution in [0.4, 0.5) is 10.2 Å². The molecule has 5 nitrogen and oxygen atoms in total. The van der Waals surface area contributed by atoms with E-state index in [9.17, 15) is 4.39 Å². The van der Waals surface area contributed by atoms with Crippen LogP contribution in [0.15, 0.2) is 23.3 Å². The molecule has 0 spiro atoms. The first kappa shape index (κ1) is 15.1. The van der Waals surface area contributed by atoms with E-state index in [-0.39, 0.29) is 11.9 Å². The smallest absolute Gasteiger partial charge is 0.191 e. The summed E-state index contributed by atoms with van der Waals surface area (Å²) >= 11 is 0. The molecule has 120 valence electrons. The van der Waals surface area contributed by atoms with Gasteiger partial charge in [0.2, 0.25) is 0 Å². The lowest BCUT2D eigenvalue weighted by Crippen LogP contribution is -2.45. The Balaban J connectivity index is 1.57. The fraction of sp³-hybridized carbons (Fsp3) is 0.625. The minimum atomic E-state index is -0.254. The summed E-state index contributed by atoms with van der Waals surface area (Å²) < 4.78 is 13.8. The summed E-state index contributed by atoms with van der Waals surface area (Å²) in [6.07, 6.45) is 3.81. The van der Waals surface area contributed by atoms with E-state index in [2.05, 4.69) is 27.5 Å². The van der Waals surface area contributed by atoms with Gasteiger partial charge in [-0.25, -0.2) is 9.37 Å². The highest BCUT2D eigenvalue weighted by Gasteiger charge is 2.34. The van der Waals surface area contributed by atoms with E-state index < -0.39 is 0 Å². The molecule has 0 aromatic carbocycles. The van der Waals surface area contributed by atoms with Gasteiger partial charge < -0.3 is 15.5 Å². The highest BCUT2D eigenvalue weighted by Crippen LogP contribution is 2.29. The fourth-order valence-electron chi connectivity index (χ4n) is 2.86. The third kappa shape index (κ3) is 3.48. The van der Waals surface area contributed by atoms with Crippen LogP contribution in [0.3, 0.4) is 0 Å². The summed E-state index contributed by atoms with van der Waals surface area (Å²) in [6.45, 7) is 6.58. The molecule has 2 heterocycles. The van der Waals surface area contributed by atoms with Crippen LogP contribution < -0.4 is 15.5 Å². The molecule has 3 atom stereocenters. The van der Waals surface area contributed by atoms with E-state index in [1.807, 2.05) is 11.8 Å². The third-order valence-electron chi connectivity index (χ3n) is 4.32. The van der Waals surface area contributed by atoms with Gasteiger partial charge in [0.05, 0.1) is 0 Å². The van der Waals surface area contributed by atoms with Crippen molar-refractivity contribution >= 4 is 11.8 Å². The van der Waals surface area contributed by atoms with E-state index in [0.717, 1.165) is 37.9 Å². The highest BCUT2D eigenvalue weighted by molar-refractivity contribution is 5.81. The minimum absolute atomic E-state index is 0.254. The molecule has 2 N–H and O–H groups in total. The normalized spacial score (nSPS) is 27.9. The number of rotatable bonds is 4. The number of halogens is 1. The van der Waals surface area contributed by atoms with Gasteiger partial charge in [0.25, 0.3) is 0 Å². The Morgan fingerprint density at radius 1 is 1.50 bits per heavy atom. The zero-order valence-electron chi connectivity index (χ0n) is 13.2. The fourth-order valence-corrected chi connectivity index (χ4v) is 2.86. The Morgan fingerprint density at radius 2 is 2.32 bits per heavy atom. The molecule has 1 aliphatic carbocycles. The van der Waals surface area contributed by atoms with Crippen LogP contribution >= 0.6 is 0 Å². The van der Waals surface area contributed by atoms with Crippen molar-refractivity contribution < 1.29 is 4.39 Å². The lowest BCUT2D eigenvalue weighted by Gasteiger charge is -2.20. The predicted octanol–water partition coefficient (Wildman–Crippen LogP) is 1.76. The first-order chi connectivity index (χ1) is 10.7. The van der Waals surface area contributed by atoms with E-state index in [1.165, 1.54) is 12.5 Å². The first-order valence-corrected chi connectivity index (χ1v) is 8.10. The Bertz CT molecular complexity index is 547. The zero-order chi connectivity index (χ0) is 15.5. The molecule has 1 aliphatic heterocycles. The maximum atomic E-state index is 13.8. The van der Waals surface area contributed by atoms with E-state index in [4.69, 9.17) is 0 Å². The summed E-state index contributed by atoms with van der Waals surface area (Å²) in [5, 5.41) is 6.94. The van der Waals surface area contributed by atoms with Crippen molar-refractivity contribution in [2.24, 2.45) is 10.9 Å². The van der Waals surface area contributed by atoms with Crippen LogP contribution in [-0.4, -0.2) is 42.7 Å². The lowest BCUT2D eigenvalue weighted by molar-refractivity contribution is 0.612. The molecule has 1 aromatic heterocycles. The van der Waals surface area contributed by atoms with Crippen molar-refractivity contribution in [1.29, 1.82) is 0 Å². The summed E-state index contributed by atoms with van der Waals surface area (Å²) in [6, 6.07) is 3.90. The van der Waals surface area contributed by atoms with Gasteiger partial charge >= 0.3 is 0 Å². The number of nitrogens with one attached hydrogen (secondary N) is 2. The standard InChI is InChI=1S/C16H24FN5/c1-3-18-16(21-14-9-11(14)2)20-12-6-8-22(10-12)15-13(17)5-4-7-19-15/h4-5,7,11-12,14H,3,6,8-10H2,1-2H3,(H2,18,20,21). The van der Waals surface area contributed by atoms with Crippen molar-refractivity contribution in [3.8, 4) is 0 Å². The summed E-state index contributed by atoms with van der Waals surface area (Å²) in [4.78, 5) is 10.7. The Hall–Kier alpha value is -1.85. The van der Waals surface area contributed by atoms with Crippen LogP contribution in [-0.2, 0) is 0 Å². The van der Waals surface area contributed by atoms with E-state index in [0.29, 0.717) is 11.9 Å². The second-order valence-corrected chi connectivity index (χ2v) is 6.17. The Labute approximate surface area is 131 Å². The van der Waals surface area contributed by atoms with Gasteiger partial charge in [0.1, 0.15) is 0 Å². The zero-order valence-corrected chi connectivity index (χ0v) is 13.2. The molecule has 0 radical (unpaired) electrons. The van der Waals surface area contributed by atoms with Gasteiger partial charge in [-0.1, -0.05) is 6.92 Å². The maximum Gasteiger partial charge on any atom is 0.191 e. The van der Waals surface area contributed by atoms with Gasteiger partial charge in [-0.3, -0.25) is 4.99 Å². The molecule has 3 unspecified atom stereocenters. The van der Waals surface area contributed by atoms with Crippen LogP contribution in [0.5, 0.6) is 0 Å². The summed E-state index contributed by atoms with van der Waals surface area (Å²) in [5.74, 6) is 1.80. The molecule has 22 heavy (non-hydrogen) atoms. The third-order valence-corrected chi connectivity index (χ3v) is 4.32. The lowest BCUT2D eigenvalue weighted by atomic mass is 10.3. The van der Waals surface area contributed by atoms with E-state index >= 15 is 0 Å². The number of pyridine rings is 1. The van der Waals surface area contributed by atoms with Crippen molar-refractivity contribution in [2.75, 3.05) is 24.5 Å². The summed E-state index contributed by atoms with van der Waals surface area (Å²) in [5.41, 5.74) is 0. The van der Waals surface area contributed by atoms with Gasteiger partial charge in [-0.05, 0) is 37.8 Å². The average molecular weight is 305 g/mol. The van der Waals surface area contributed by atoms with Crippen molar-refractivity contribution in [3.63, 3.8) is 0 Å². The van der Waals surface area contributed by atoms with Gasteiger partial charge in [-0.15, -0.1) is 0 Å². The second-order valence-electron chi connectivity index (χ2n) is 6.17.